The zero-order valence-electron chi connectivity index (χ0n) is 22.8. The number of hydrogen-bond acceptors (Lipinski definition) is 6. The molecule has 0 aromatic heterocycles. The fraction of sp³-hybridized carbons (Fsp3) is 0.724. The molecule has 0 radical (unpaired) electrons. The van der Waals surface area contributed by atoms with Gasteiger partial charge < -0.3 is 9.47 Å². The van der Waals surface area contributed by atoms with E-state index in [0.717, 1.165) is 19.3 Å². The Labute approximate surface area is 224 Å². The maximum atomic E-state index is 12.5. The predicted molar refractivity (Wildman–Crippen MR) is 148 cm³/mol. The second kappa shape index (κ2) is 21.1. The van der Waals surface area contributed by atoms with Crippen LogP contribution in [0, 0.1) is 0 Å². The summed E-state index contributed by atoms with van der Waals surface area (Å²) in [7, 11) is -4.02. The summed E-state index contributed by atoms with van der Waals surface area (Å²) in [5.41, 5.74) is 0.283. The van der Waals surface area contributed by atoms with Crippen LogP contribution in [0.4, 0.5) is 0 Å². The summed E-state index contributed by atoms with van der Waals surface area (Å²) in [6, 6.07) is 6.34. The van der Waals surface area contributed by atoms with Crippen molar-refractivity contribution in [1.29, 1.82) is 0 Å². The Morgan fingerprint density at radius 2 is 0.973 bits per heavy atom. The Morgan fingerprint density at radius 3 is 1.35 bits per heavy atom. The van der Waals surface area contributed by atoms with E-state index in [9.17, 15) is 18.0 Å². The second-order valence-corrected chi connectivity index (χ2v) is 11.3. The van der Waals surface area contributed by atoms with Crippen molar-refractivity contribution < 1.29 is 32.0 Å². The highest BCUT2D eigenvalue weighted by Gasteiger charge is 2.19. The second-order valence-electron chi connectivity index (χ2n) is 9.76. The molecule has 0 aliphatic carbocycles. The van der Waals surface area contributed by atoms with Crippen LogP contribution in [0.25, 0.3) is 0 Å². The number of unbranched alkanes of at least 4 members (excludes halogenated alkanes) is 15. The molecule has 1 aromatic carbocycles. The third-order valence-electron chi connectivity index (χ3n) is 6.38. The van der Waals surface area contributed by atoms with E-state index in [1.54, 1.807) is 12.1 Å². The van der Waals surface area contributed by atoms with Crippen LogP contribution in [0.5, 0.6) is 0 Å². The maximum absolute atomic E-state index is 12.5. The molecule has 37 heavy (non-hydrogen) atoms. The van der Waals surface area contributed by atoms with E-state index in [1.807, 2.05) is 0 Å². The van der Waals surface area contributed by atoms with Crippen molar-refractivity contribution in [3.05, 3.63) is 35.4 Å². The molecule has 0 saturated heterocycles. The number of hydrogen-bond donors (Lipinski definition) is 1. The number of carbonyl (C=O) groups excluding carboxylic acids is 2. The molecule has 0 amide bonds. The lowest BCUT2D eigenvalue weighted by atomic mass is 10.0. The number of benzene rings is 1. The molecule has 0 aliphatic heterocycles. The predicted octanol–water partition coefficient (Wildman–Crippen LogP) is 7.54. The summed E-state index contributed by atoms with van der Waals surface area (Å²) in [6.07, 6.45) is 19.5. The van der Waals surface area contributed by atoms with Crippen LogP contribution < -0.4 is 0 Å². The number of carbonyl (C=O) groups is 2. The van der Waals surface area contributed by atoms with Gasteiger partial charge in [0.05, 0.1) is 30.1 Å². The van der Waals surface area contributed by atoms with Crippen molar-refractivity contribution in [1.82, 2.24) is 0 Å². The van der Waals surface area contributed by atoms with Gasteiger partial charge >= 0.3 is 11.9 Å². The minimum absolute atomic E-state index is 0.00311. The first-order valence-electron chi connectivity index (χ1n) is 14.2. The topological polar surface area (TPSA) is 107 Å². The van der Waals surface area contributed by atoms with Crippen LogP contribution in [-0.2, 0) is 19.6 Å². The van der Waals surface area contributed by atoms with Gasteiger partial charge in [-0.15, -0.1) is 0 Å². The Hall–Kier alpha value is -1.93. The van der Waals surface area contributed by atoms with Crippen molar-refractivity contribution in [3.63, 3.8) is 0 Å². The molecule has 1 N–H and O–H groups in total. The summed E-state index contributed by atoms with van der Waals surface area (Å²) in [5, 5.41) is 0. The van der Waals surface area contributed by atoms with Gasteiger partial charge in [-0.3, -0.25) is 4.55 Å². The zero-order chi connectivity index (χ0) is 27.2. The van der Waals surface area contributed by atoms with Gasteiger partial charge in [-0.1, -0.05) is 109 Å². The Balaban J connectivity index is 2.11. The molecule has 0 aliphatic rings. The molecule has 1 rings (SSSR count). The van der Waals surface area contributed by atoms with Crippen molar-refractivity contribution >= 4 is 22.1 Å². The van der Waals surface area contributed by atoms with Crippen LogP contribution >= 0.6 is 0 Å². The fourth-order valence-electron chi connectivity index (χ4n) is 4.18. The summed E-state index contributed by atoms with van der Waals surface area (Å²) in [6.45, 7) is 2.57. The Morgan fingerprint density at radius 1 is 0.622 bits per heavy atom. The maximum Gasteiger partial charge on any atom is 0.339 e. The first-order valence-corrected chi connectivity index (χ1v) is 15.8. The van der Waals surface area contributed by atoms with Crippen LogP contribution in [0.15, 0.2) is 24.3 Å². The van der Waals surface area contributed by atoms with Crippen molar-refractivity contribution in [2.24, 2.45) is 0 Å². The molecule has 0 heterocycles. The van der Waals surface area contributed by atoms with E-state index in [1.165, 1.54) is 89.2 Å². The van der Waals surface area contributed by atoms with Crippen LogP contribution in [0.1, 0.15) is 137 Å². The summed E-state index contributed by atoms with van der Waals surface area (Å²) >= 11 is 0. The third kappa shape index (κ3) is 18.0. The van der Waals surface area contributed by atoms with Gasteiger partial charge in [0.25, 0.3) is 10.1 Å². The van der Waals surface area contributed by atoms with Gasteiger partial charge in [0.15, 0.2) is 0 Å². The highest BCUT2D eigenvalue weighted by Crippen LogP contribution is 2.15. The molecule has 0 saturated carbocycles. The van der Waals surface area contributed by atoms with Gasteiger partial charge in [0.1, 0.15) is 0 Å². The van der Waals surface area contributed by atoms with E-state index in [-0.39, 0.29) is 36.3 Å². The minimum atomic E-state index is -4.02. The quantitative estimate of drug-likeness (QED) is 0.0868. The first-order chi connectivity index (χ1) is 17.8. The fourth-order valence-corrected chi connectivity index (χ4v) is 4.75. The lowest BCUT2D eigenvalue weighted by Gasteiger charge is -2.10. The molecule has 0 bridgehead atoms. The van der Waals surface area contributed by atoms with E-state index in [0.29, 0.717) is 6.61 Å². The monoisotopic (exact) mass is 540 g/mol. The van der Waals surface area contributed by atoms with Crippen LogP contribution in [-0.4, -0.2) is 43.9 Å². The molecular formula is C29H48O7S. The first kappa shape index (κ1) is 33.1. The molecule has 212 valence electrons. The third-order valence-corrected chi connectivity index (χ3v) is 7.18. The van der Waals surface area contributed by atoms with Gasteiger partial charge in [-0.05, 0) is 31.4 Å². The van der Waals surface area contributed by atoms with Gasteiger partial charge in [0, 0.05) is 0 Å². The average Bonchev–Trinajstić information content (AvgIpc) is 2.87. The van der Waals surface area contributed by atoms with E-state index in [2.05, 4.69) is 6.92 Å². The lowest BCUT2D eigenvalue weighted by molar-refractivity contribution is 0.0451. The molecule has 7 nitrogen and oxygen atoms in total. The van der Waals surface area contributed by atoms with Crippen molar-refractivity contribution in [2.75, 3.05) is 19.0 Å². The number of rotatable bonds is 23. The molecule has 0 fully saturated rings. The molecule has 8 heteroatoms. The zero-order valence-corrected chi connectivity index (χ0v) is 23.6. The van der Waals surface area contributed by atoms with E-state index < -0.39 is 22.1 Å². The van der Waals surface area contributed by atoms with Crippen LogP contribution in [0.2, 0.25) is 0 Å². The molecule has 0 spiro atoms. The SMILES string of the molecule is CCCCCCCCCCCCCCCCCOC(=O)c1ccccc1C(=O)OCCCCS(=O)(=O)O. The largest absolute Gasteiger partial charge is 0.462 e. The number of esters is 2. The standard InChI is InChI=1S/C29H48O7S/c1-2-3-4-5-6-7-8-9-10-11-12-13-14-15-18-23-35-28(30)26-21-16-17-22-27(26)29(31)36-24-19-20-25-37(32,33)34/h16-17,21-22H,2-15,18-20,23-25H2,1H3,(H,32,33,34). The summed E-state index contributed by atoms with van der Waals surface area (Å²) in [4.78, 5) is 24.8. The van der Waals surface area contributed by atoms with E-state index >= 15 is 0 Å². The molecule has 0 unspecified atom stereocenters. The Bertz CT molecular complexity index is 852. The molecular weight excluding hydrogens is 492 g/mol. The lowest BCUT2D eigenvalue weighted by Crippen LogP contribution is -2.15. The smallest absolute Gasteiger partial charge is 0.339 e. The average molecular weight is 541 g/mol. The minimum Gasteiger partial charge on any atom is -0.462 e. The molecule has 1 aromatic rings. The highest BCUT2D eigenvalue weighted by molar-refractivity contribution is 7.85. The highest BCUT2D eigenvalue weighted by atomic mass is 32.2. The summed E-state index contributed by atoms with van der Waals surface area (Å²) in [5.74, 6) is -1.59. The van der Waals surface area contributed by atoms with Crippen molar-refractivity contribution in [2.45, 2.75) is 116 Å². The molecule has 0 atom stereocenters. The van der Waals surface area contributed by atoms with Gasteiger partial charge in [-0.2, -0.15) is 8.42 Å². The van der Waals surface area contributed by atoms with Gasteiger partial charge in [-0.25, -0.2) is 9.59 Å². The van der Waals surface area contributed by atoms with Gasteiger partial charge in [0.2, 0.25) is 0 Å². The summed E-state index contributed by atoms with van der Waals surface area (Å²) < 4.78 is 40.7. The van der Waals surface area contributed by atoms with Crippen molar-refractivity contribution in [3.8, 4) is 0 Å². The number of ether oxygens (including phenoxy) is 2. The normalized spacial score (nSPS) is 11.4. The Kier molecular flexibility index (Phi) is 18.8. The van der Waals surface area contributed by atoms with E-state index in [4.69, 9.17) is 14.0 Å². The van der Waals surface area contributed by atoms with Crippen LogP contribution in [0.3, 0.4) is 0 Å².